The van der Waals surface area contributed by atoms with Gasteiger partial charge in [-0.15, -0.1) is 0 Å². The van der Waals surface area contributed by atoms with Crippen molar-refractivity contribution in [2.24, 2.45) is 0 Å². The highest BCUT2D eigenvalue weighted by Crippen LogP contribution is 2.25. The molecule has 11 heteroatoms. The highest BCUT2D eigenvalue weighted by molar-refractivity contribution is 7.91. The molecule has 0 bridgehead atoms. The number of carbonyl (C=O) groups is 1. The molecule has 1 N–H and O–H groups in total. The highest BCUT2D eigenvalue weighted by atomic mass is 32.2. The SMILES string of the molecule is COc1cc(NC(=O)Cn2nc(S(=O)(=O)c3cccc(F)c3)ccc2=O)cc(OC)c1. The minimum absolute atomic E-state index is 0.321. The lowest BCUT2D eigenvalue weighted by Crippen LogP contribution is -2.30. The summed E-state index contributed by atoms with van der Waals surface area (Å²) < 4.78 is 49.8. The molecule has 0 unspecified atom stereocenters. The van der Waals surface area contributed by atoms with E-state index >= 15 is 0 Å². The predicted molar refractivity (Wildman–Crippen MR) is 109 cm³/mol. The molecule has 0 fully saturated rings. The van der Waals surface area contributed by atoms with Gasteiger partial charge in [0.1, 0.15) is 23.9 Å². The van der Waals surface area contributed by atoms with Crippen LogP contribution in [0.2, 0.25) is 0 Å². The third-order valence-corrected chi connectivity index (χ3v) is 5.80. The van der Waals surface area contributed by atoms with Gasteiger partial charge in [0.2, 0.25) is 15.7 Å². The molecule has 0 saturated carbocycles. The Balaban J connectivity index is 1.86. The lowest BCUT2D eigenvalue weighted by molar-refractivity contribution is -0.117. The Morgan fingerprint density at radius 1 is 1.06 bits per heavy atom. The first-order chi connectivity index (χ1) is 14.7. The smallest absolute Gasteiger partial charge is 0.267 e. The summed E-state index contributed by atoms with van der Waals surface area (Å²) in [6.45, 7) is -0.551. The number of hydrogen-bond donors (Lipinski definition) is 1. The fourth-order valence-electron chi connectivity index (χ4n) is 2.66. The zero-order valence-corrected chi connectivity index (χ0v) is 17.3. The monoisotopic (exact) mass is 447 g/mol. The molecule has 0 aliphatic carbocycles. The quantitative estimate of drug-likeness (QED) is 0.588. The van der Waals surface area contributed by atoms with Crippen LogP contribution >= 0.6 is 0 Å². The third-order valence-electron chi connectivity index (χ3n) is 4.15. The molecular weight excluding hydrogens is 429 g/mol. The number of hydrogen-bond acceptors (Lipinski definition) is 7. The third kappa shape index (κ3) is 5.07. The van der Waals surface area contributed by atoms with Crippen molar-refractivity contribution in [1.29, 1.82) is 0 Å². The van der Waals surface area contributed by atoms with Gasteiger partial charge in [0.05, 0.1) is 19.1 Å². The van der Waals surface area contributed by atoms with Crippen LogP contribution in [-0.4, -0.2) is 38.3 Å². The average Bonchev–Trinajstić information content (AvgIpc) is 2.74. The molecule has 0 spiro atoms. The Morgan fingerprint density at radius 2 is 1.74 bits per heavy atom. The predicted octanol–water partition coefficient (Wildman–Crippen LogP) is 1.87. The Morgan fingerprint density at radius 3 is 2.35 bits per heavy atom. The highest BCUT2D eigenvalue weighted by Gasteiger charge is 2.21. The van der Waals surface area contributed by atoms with Gasteiger partial charge in [0, 0.05) is 30.0 Å². The van der Waals surface area contributed by atoms with Crippen molar-refractivity contribution >= 4 is 21.4 Å². The zero-order valence-electron chi connectivity index (χ0n) is 16.5. The zero-order chi connectivity index (χ0) is 22.6. The number of anilines is 1. The van der Waals surface area contributed by atoms with E-state index in [4.69, 9.17) is 9.47 Å². The van der Waals surface area contributed by atoms with Crippen LogP contribution in [0.25, 0.3) is 0 Å². The first-order valence-electron chi connectivity index (χ1n) is 8.84. The van der Waals surface area contributed by atoms with Crippen LogP contribution in [0.5, 0.6) is 11.5 Å². The second-order valence-electron chi connectivity index (χ2n) is 6.28. The van der Waals surface area contributed by atoms with Crippen molar-refractivity contribution in [1.82, 2.24) is 9.78 Å². The maximum absolute atomic E-state index is 13.4. The van der Waals surface area contributed by atoms with Crippen LogP contribution in [0.15, 0.2) is 69.3 Å². The Kier molecular flexibility index (Phi) is 6.35. The van der Waals surface area contributed by atoms with Crippen molar-refractivity contribution in [3.8, 4) is 11.5 Å². The largest absolute Gasteiger partial charge is 0.497 e. The van der Waals surface area contributed by atoms with Gasteiger partial charge in [-0.1, -0.05) is 6.07 Å². The number of benzene rings is 2. The number of ether oxygens (including phenoxy) is 2. The number of methoxy groups -OCH3 is 2. The number of halogens is 1. The summed E-state index contributed by atoms with van der Waals surface area (Å²) in [6.07, 6.45) is 0. The van der Waals surface area contributed by atoms with E-state index in [0.29, 0.717) is 21.9 Å². The van der Waals surface area contributed by atoms with E-state index < -0.39 is 38.7 Å². The van der Waals surface area contributed by atoms with E-state index in [-0.39, 0.29) is 4.90 Å². The fraction of sp³-hybridized carbons (Fsp3) is 0.150. The van der Waals surface area contributed by atoms with Gasteiger partial charge in [-0.2, -0.15) is 5.10 Å². The molecule has 1 aromatic heterocycles. The molecule has 1 amide bonds. The standard InChI is InChI=1S/C20H18FN3O6S/c1-29-15-9-14(10-16(11-15)30-2)22-18(25)12-24-20(26)7-6-19(23-24)31(27,28)17-5-3-4-13(21)8-17/h3-11H,12H2,1-2H3,(H,22,25). The van der Waals surface area contributed by atoms with Crippen LogP contribution in [0, 0.1) is 5.82 Å². The minimum atomic E-state index is -4.19. The molecule has 9 nitrogen and oxygen atoms in total. The topological polar surface area (TPSA) is 117 Å². The molecule has 0 atom stereocenters. The lowest BCUT2D eigenvalue weighted by Gasteiger charge is -2.11. The molecule has 0 radical (unpaired) electrons. The number of amides is 1. The maximum atomic E-state index is 13.4. The van der Waals surface area contributed by atoms with Gasteiger partial charge in [0.15, 0.2) is 5.03 Å². The summed E-state index contributed by atoms with van der Waals surface area (Å²) >= 11 is 0. The van der Waals surface area contributed by atoms with Crippen molar-refractivity contribution in [3.05, 3.63) is 70.8 Å². The van der Waals surface area contributed by atoms with Gasteiger partial charge >= 0.3 is 0 Å². The molecule has 0 aliphatic rings. The number of aromatic nitrogens is 2. The van der Waals surface area contributed by atoms with Gasteiger partial charge < -0.3 is 14.8 Å². The lowest BCUT2D eigenvalue weighted by atomic mass is 10.2. The van der Waals surface area contributed by atoms with Gasteiger partial charge in [-0.25, -0.2) is 17.5 Å². The van der Waals surface area contributed by atoms with Crippen LogP contribution < -0.4 is 20.3 Å². The van der Waals surface area contributed by atoms with Gasteiger partial charge in [0.25, 0.3) is 5.56 Å². The normalized spacial score (nSPS) is 11.1. The molecular formula is C20H18FN3O6S. The van der Waals surface area contributed by atoms with Crippen molar-refractivity contribution in [3.63, 3.8) is 0 Å². The molecule has 0 aliphatic heterocycles. The number of nitrogens with zero attached hydrogens (tertiary/aromatic N) is 2. The van der Waals surface area contributed by atoms with Crippen LogP contribution in [0.3, 0.4) is 0 Å². The molecule has 31 heavy (non-hydrogen) atoms. The molecule has 0 saturated heterocycles. The molecule has 162 valence electrons. The summed E-state index contributed by atoms with van der Waals surface area (Å²) in [4.78, 5) is 24.2. The first kappa shape index (κ1) is 22.0. The summed E-state index contributed by atoms with van der Waals surface area (Å²) in [5.74, 6) is -0.492. The summed E-state index contributed by atoms with van der Waals surface area (Å²) in [5, 5.41) is 5.86. The van der Waals surface area contributed by atoms with E-state index in [2.05, 4.69) is 10.4 Å². The summed E-state index contributed by atoms with van der Waals surface area (Å²) in [5.41, 5.74) is -0.339. The number of sulfone groups is 1. The molecule has 1 heterocycles. The van der Waals surface area contributed by atoms with Crippen LogP contribution in [0.1, 0.15) is 0 Å². The van der Waals surface area contributed by atoms with Crippen molar-refractivity contribution in [2.45, 2.75) is 16.5 Å². The van der Waals surface area contributed by atoms with Crippen molar-refractivity contribution in [2.75, 3.05) is 19.5 Å². The van der Waals surface area contributed by atoms with E-state index in [9.17, 15) is 22.4 Å². The van der Waals surface area contributed by atoms with E-state index in [1.165, 1.54) is 26.4 Å². The van der Waals surface area contributed by atoms with Crippen molar-refractivity contribution < 1.29 is 27.1 Å². The summed E-state index contributed by atoms with van der Waals surface area (Å²) in [7, 11) is -1.28. The number of rotatable bonds is 7. The average molecular weight is 447 g/mol. The van der Waals surface area contributed by atoms with Crippen LogP contribution in [0.4, 0.5) is 10.1 Å². The minimum Gasteiger partial charge on any atom is -0.497 e. The van der Waals surface area contributed by atoms with Crippen LogP contribution in [-0.2, 0) is 21.2 Å². The maximum Gasteiger partial charge on any atom is 0.267 e. The van der Waals surface area contributed by atoms with E-state index in [1.807, 2.05) is 0 Å². The number of carbonyl (C=O) groups excluding carboxylic acids is 1. The summed E-state index contributed by atoms with van der Waals surface area (Å²) in [6, 6.07) is 11.1. The Hall–Kier alpha value is -3.73. The molecule has 3 aromatic rings. The molecule has 3 rings (SSSR count). The first-order valence-corrected chi connectivity index (χ1v) is 10.3. The Labute approximate surface area is 177 Å². The number of nitrogens with one attached hydrogen (secondary N) is 1. The van der Waals surface area contributed by atoms with E-state index in [0.717, 1.165) is 24.3 Å². The van der Waals surface area contributed by atoms with Gasteiger partial charge in [-0.3, -0.25) is 9.59 Å². The second-order valence-corrected chi connectivity index (χ2v) is 8.17. The fourth-order valence-corrected chi connectivity index (χ4v) is 3.88. The van der Waals surface area contributed by atoms with E-state index in [1.54, 1.807) is 18.2 Å². The Bertz CT molecular complexity index is 1270. The molecule has 2 aromatic carbocycles. The second kappa shape index (κ2) is 8.96. The van der Waals surface area contributed by atoms with Gasteiger partial charge in [-0.05, 0) is 24.3 Å².